The van der Waals surface area contributed by atoms with Crippen molar-refractivity contribution in [3.63, 3.8) is 0 Å². The summed E-state index contributed by atoms with van der Waals surface area (Å²) in [4.78, 5) is 4.97. The van der Waals surface area contributed by atoms with Gasteiger partial charge in [0, 0.05) is 30.7 Å². The van der Waals surface area contributed by atoms with Gasteiger partial charge in [0.1, 0.15) is 5.75 Å². The van der Waals surface area contributed by atoms with Crippen molar-refractivity contribution in [1.29, 1.82) is 0 Å². The molecule has 2 aromatic rings. The molecule has 1 aliphatic heterocycles. The molecule has 1 saturated heterocycles. The topological polar surface area (TPSA) is 45.2 Å². The molecule has 6 heteroatoms. The predicted molar refractivity (Wildman–Crippen MR) is 111 cm³/mol. The number of rotatable bonds is 6. The van der Waals surface area contributed by atoms with E-state index < -0.39 is 0 Å². The quantitative estimate of drug-likeness (QED) is 0.746. The second-order valence-electron chi connectivity index (χ2n) is 6.87. The summed E-state index contributed by atoms with van der Waals surface area (Å²) in [6.45, 7) is 6.03. The van der Waals surface area contributed by atoms with Gasteiger partial charge >= 0.3 is 0 Å². The van der Waals surface area contributed by atoms with Gasteiger partial charge in [0.25, 0.3) is 0 Å². The normalized spacial score (nSPS) is 16.1. The van der Waals surface area contributed by atoms with Gasteiger partial charge in [0.15, 0.2) is 11.5 Å². The third-order valence-corrected chi connectivity index (χ3v) is 5.73. The van der Waals surface area contributed by atoms with Gasteiger partial charge in [0.2, 0.25) is 0 Å². The lowest BCUT2D eigenvalue weighted by Gasteiger charge is -2.22. The Morgan fingerprint density at radius 2 is 1.59 bits per heavy atom. The van der Waals surface area contributed by atoms with Crippen LogP contribution in [0.3, 0.4) is 0 Å². The zero-order chi connectivity index (χ0) is 19.2. The molecule has 1 N–H and O–H groups in total. The van der Waals surface area contributed by atoms with Gasteiger partial charge in [-0.05, 0) is 54.9 Å². The first-order valence-corrected chi connectivity index (χ1v) is 10.0. The van der Waals surface area contributed by atoms with E-state index in [4.69, 9.17) is 9.47 Å². The van der Waals surface area contributed by atoms with Crippen LogP contribution >= 0.6 is 15.9 Å². The minimum absolute atomic E-state index is 0.162. The van der Waals surface area contributed by atoms with Crippen molar-refractivity contribution in [3.8, 4) is 17.2 Å². The van der Waals surface area contributed by atoms with E-state index in [1.165, 1.54) is 5.56 Å². The van der Waals surface area contributed by atoms with Gasteiger partial charge in [-0.1, -0.05) is 28.1 Å². The first kappa shape index (κ1) is 20.0. The second kappa shape index (κ2) is 9.44. The van der Waals surface area contributed by atoms with Gasteiger partial charge in [-0.25, -0.2) is 0 Å². The molecule has 0 amide bonds. The lowest BCUT2D eigenvalue weighted by Crippen LogP contribution is -2.30. The highest BCUT2D eigenvalue weighted by Crippen LogP contribution is 2.33. The summed E-state index contributed by atoms with van der Waals surface area (Å²) in [6, 6.07) is 12.0. The van der Waals surface area contributed by atoms with Crippen LogP contribution in [0.2, 0.25) is 0 Å². The number of hydrogen-bond acceptors (Lipinski definition) is 5. The number of aromatic hydroxyl groups is 1. The predicted octanol–water partition coefficient (Wildman–Crippen LogP) is 3.88. The van der Waals surface area contributed by atoms with Crippen molar-refractivity contribution in [3.05, 3.63) is 52.0 Å². The van der Waals surface area contributed by atoms with Crippen LogP contribution in [0.1, 0.15) is 17.5 Å². The van der Waals surface area contributed by atoms with Crippen molar-refractivity contribution < 1.29 is 14.6 Å². The van der Waals surface area contributed by atoms with Crippen LogP contribution in [0.5, 0.6) is 17.2 Å². The van der Waals surface area contributed by atoms with Gasteiger partial charge in [-0.2, -0.15) is 0 Å². The van der Waals surface area contributed by atoms with Crippen LogP contribution in [0.4, 0.5) is 0 Å². The molecular formula is C21H27BrN2O3. The Balaban J connectivity index is 1.58. The van der Waals surface area contributed by atoms with Crippen LogP contribution < -0.4 is 9.47 Å². The van der Waals surface area contributed by atoms with Crippen molar-refractivity contribution in [2.24, 2.45) is 0 Å². The summed E-state index contributed by atoms with van der Waals surface area (Å²) in [7, 11) is 3.27. The Labute approximate surface area is 169 Å². The molecule has 0 bridgehead atoms. The SMILES string of the molecule is COc1ccc(CN2CCCN(Cc3cc(OC)c(O)cc3Br)CC2)cc1. The van der Waals surface area contributed by atoms with Gasteiger partial charge in [-0.3, -0.25) is 9.80 Å². The Morgan fingerprint density at radius 1 is 0.926 bits per heavy atom. The summed E-state index contributed by atoms with van der Waals surface area (Å²) < 4.78 is 11.4. The van der Waals surface area contributed by atoms with E-state index >= 15 is 0 Å². The molecule has 1 fully saturated rings. The molecule has 1 heterocycles. The van der Waals surface area contributed by atoms with E-state index in [1.54, 1.807) is 20.3 Å². The monoisotopic (exact) mass is 434 g/mol. The lowest BCUT2D eigenvalue weighted by atomic mass is 10.2. The van der Waals surface area contributed by atoms with Crippen molar-refractivity contribution in [1.82, 2.24) is 9.80 Å². The van der Waals surface area contributed by atoms with E-state index in [0.717, 1.165) is 61.5 Å². The summed E-state index contributed by atoms with van der Waals surface area (Å²) >= 11 is 3.56. The molecule has 0 aromatic heterocycles. The first-order chi connectivity index (χ1) is 13.1. The maximum Gasteiger partial charge on any atom is 0.160 e. The Kier molecular flexibility index (Phi) is 6.99. The smallest absolute Gasteiger partial charge is 0.160 e. The molecule has 0 aliphatic carbocycles. The third kappa shape index (κ3) is 5.37. The molecule has 3 rings (SSSR count). The van der Waals surface area contributed by atoms with Crippen LogP contribution in [-0.2, 0) is 13.1 Å². The third-order valence-electron chi connectivity index (χ3n) is 4.99. The molecule has 27 heavy (non-hydrogen) atoms. The number of halogens is 1. The number of nitrogens with zero attached hydrogens (tertiary/aromatic N) is 2. The van der Waals surface area contributed by atoms with E-state index in [9.17, 15) is 5.11 Å². The maximum absolute atomic E-state index is 9.89. The van der Waals surface area contributed by atoms with Gasteiger partial charge in [-0.15, -0.1) is 0 Å². The molecule has 0 saturated carbocycles. The largest absolute Gasteiger partial charge is 0.504 e. The molecule has 2 aromatic carbocycles. The molecule has 0 atom stereocenters. The molecule has 1 aliphatic rings. The van der Waals surface area contributed by atoms with Crippen LogP contribution in [0, 0.1) is 0 Å². The summed E-state index contributed by atoms with van der Waals surface area (Å²) in [5.74, 6) is 1.58. The number of methoxy groups -OCH3 is 2. The Bertz CT molecular complexity index is 752. The molecule has 0 unspecified atom stereocenters. The zero-order valence-electron chi connectivity index (χ0n) is 15.9. The molecule has 146 valence electrons. The zero-order valence-corrected chi connectivity index (χ0v) is 17.5. The van der Waals surface area contributed by atoms with E-state index in [2.05, 4.69) is 37.9 Å². The van der Waals surface area contributed by atoms with E-state index in [0.29, 0.717) is 5.75 Å². The molecule has 5 nitrogen and oxygen atoms in total. The number of phenols is 1. The van der Waals surface area contributed by atoms with Crippen LogP contribution in [0.15, 0.2) is 40.9 Å². The Morgan fingerprint density at radius 3 is 2.22 bits per heavy atom. The molecule has 0 spiro atoms. The number of phenolic OH excluding ortho intramolecular Hbond substituents is 1. The minimum Gasteiger partial charge on any atom is -0.504 e. The lowest BCUT2D eigenvalue weighted by molar-refractivity contribution is 0.246. The van der Waals surface area contributed by atoms with Crippen molar-refractivity contribution in [2.75, 3.05) is 40.4 Å². The second-order valence-corrected chi connectivity index (χ2v) is 7.72. The maximum atomic E-state index is 9.89. The highest BCUT2D eigenvalue weighted by Gasteiger charge is 2.17. The summed E-state index contributed by atoms with van der Waals surface area (Å²) in [5, 5.41) is 9.89. The fourth-order valence-electron chi connectivity index (χ4n) is 3.44. The first-order valence-electron chi connectivity index (χ1n) is 9.22. The van der Waals surface area contributed by atoms with Gasteiger partial charge < -0.3 is 14.6 Å². The number of hydrogen-bond donors (Lipinski definition) is 1. The summed E-state index contributed by atoms with van der Waals surface area (Å²) in [5.41, 5.74) is 2.45. The minimum atomic E-state index is 0.162. The average Bonchev–Trinajstić information content (AvgIpc) is 2.89. The standard InChI is InChI=1S/C21H27BrN2O3/c1-26-18-6-4-16(5-7-18)14-23-8-3-9-24(11-10-23)15-17-12-21(27-2)20(25)13-19(17)22/h4-7,12-13,25H,3,8-11,14-15H2,1-2H3. The van der Waals surface area contributed by atoms with E-state index in [1.807, 2.05) is 18.2 Å². The average molecular weight is 435 g/mol. The van der Waals surface area contributed by atoms with Crippen molar-refractivity contribution >= 4 is 15.9 Å². The fraction of sp³-hybridized carbons (Fsp3) is 0.429. The molecule has 0 radical (unpaired) electrons. The number of ether oxygens (including phenoxy) is 2. The summed E-state index contributed by atoms with van der Waals surface area (Å²) in [6.07, 6.45) is 1.14. The Hall–Kier alpha value is -1.76. The van der Waals surface area contributed by atoms with Crippen molar-refractivity contribution in [2.45, 2.75) is 19.5 Å². The highest BCUT2D eigenvalue weighted by atomic mass is 79.9. The van der Waals surface area contributed by atoms with Gasteiger partial charge in [0.05, 0.1) is 14.2 Å². The number of benzene rings is 2. The highest BCUT2D eigenvalue weighted by molar-refractivity contribution is 9.10. The van der Waals surface area contributed by atoms with E-state index in [-0.39, 0.29) is 5.75 Å². The molecular weight excluding hydrogens is 408 g/mol. The fourth-order valence-corrected chi connectivity index (χ4v) is 3.90. The van der Waals surface area contributed by atoms with Crippen LogP contribution in [-0.4, -0.2) is 55.3 Å². The van der Waals surface area contributed by atoms with Crippen LogP contribution in [0.25, 0.3) is 0 Å².